The molecule has 0 amide bonds. The SMILES string of the molecule is CON(CC(C)C)[C@H]1CC[C@H](OC)CC1. The van der Waals surface area contributed by atoms with E-state index >= 15 is 0 Å². The Labute approximate surface area is 93.7 Å². The van der Waals surface area contributed by atoms with Crippen LogP contribution in [-0.2, 0) is 9.57 Å². The summed E-state index contributed by atoms with van der Waals surface area (Å²) in [5.41, 5.74) is 0. The van der Waals surface area contributed by atoms with Gasteiger partial charge >= 0.3 is 0 Å². The molecule has 3 heteroatoms. The number of hydrogen-bond donors (Lipinski definition) is 0. The van der Waals surface area contributed by atoms with Crippen LogP contribution in [0.25, 0.3) is 0 Å². The molecule has 1 aliphatic carbocycles. The fourth-order valence-electron chi connectivity index (χ4n) is 2.30. The van der Waals surface area contributed by atoms with Gasteiger partial charge in [-0.25, -0.2) is 0 Å². The molecule has 0 bridgehead atoms. The molecule has 0 aromatic heterocycles. The Morgan fingerprint density at radius 1 is 1.13 bits per heavy atom. The quantitative estimate of drug-likeness (QED) is 0.658. The summed E-state index contributed by atoms with van der Waals surface area (Å²) in [4.78, 5) is 5.46. The van der Waals surface area contributed by atoms with E-state index in [9.17, 15) is 0 Å². The molecular weight excluding hydrogens is 190 g/mol. The van der Waals surface area contributed by atoms with Crippen molar-refractivity contribution in [3.8, 4) is 0 Å². The Morgan fingerprint density at radius 2 is 1.73 bits per heavy atom. The molecule has 1 aliphatic rings. The third kappa shape index (κ3) is 4.09. The lowest BCUT2D eigenvalue weighted by molar-refractivity contribution is -0.178. The van der Waals surface area contributed by atoms with Crippen molar-refractivity contribution in [1.29, 1.82) is 0 Å². The minimum absolute atomic E-state index is 0.471. The summed E-state index contributed by atoms with van der Waals surface area (Å²) in [5, 5.41) is 2.15. The second-order valence-corrected chi connectivity index (χ2v) is 4.84. The minimum Gasteiger partial charge on any atom is -0.381 e. The normalized spacial score (nSPS) is 27.6. The summed E-state index contributed by atoms with van der Waals surface area (Å²) in [7, 11) is 3.60. The number of rotatable bonds is 5. The molecular formula is C12H25NO2. The lowest BCUT2D eigenvalue weighted by Gasteiger charge is -2.35. The van der Waals surface area contributed by atoms with Crippen LogP contribution >= 0.6 is 0 Å². The number of hydrogen-bond acceptors (Lipinski definition) is 3. The first-order valence-electron chi connectivity index (χ1n) is 6.01. The summed E-state index contributed by atoms with van der Waals surface area (Å²) in [6.07, 6.45) is 5.19. The summed E-state index contributed by atoms with van der Waals surface area (Å²) in [6.45, 7) is 5.48. The Hall–Kier alpha value is -0.120. The predicted octanol–water partition coefficient (Wildman–Crippen LogP) is 2.46. The molecule has 0 N–H and O–H groups in total. The maximum atomic E-state index is 5.46. The standard InChI is InChI=1S/C12H25NO2/c1-10(2)9-13(15-4)11-5-7-12(14-3)8-6-11/h10-12H,5-9H2,1-4H3/t11-,12-. The number of ether oxygens (including phenoxy) is 1. The molecule has 0 heterocycles. The van der Waals surface area contributed by atoms with E-state index in [1.54, 1.807) is 7.11 Å². The molecule has 1 saturated carbocycles. The van der Waals surface area contributed by atoms with E-state index in [1.165, 1.54) is 25.7 Å². The highest BCUT2D eigenvalue weighted by atomic mass is 16.7. The lowest BCUT2D eigenvalue weighted by atomic mass is 9.92. The van der Waals surface area contributed by atoms with Crippen molar-refractivity contribution in [1.82, 2.24) is 5.06 Å². The first-order valence-corrected chi connectivity index (χ1v) is 6.01. The highest BCUT2D eigenvalue weighted by molar-refractivity contribution is 4.77. The van der Waals surface area contributed by atoms with Crippen molar-refractivity contribution in [3.63, 3.8) is 0 Å². The largest absolute Gasteiger partial charge is 0.381 e. The van der Waals surface area contributed by atoms with Crippen molar-refractivity contribution < 1.29 is 9.57 Å². The molecule has 0 atom stereocenters. The van der Waals surface area contributed by atoms with Crippen LogP contribution in [0.3, 0.4) is 0 Å². The van der Waals surface area contributed by atoms with Crippen LogP contribution < -0.4 is 0 Å². The van der Waals surface area contributed by atoms with Crippen LogP contribution in [-0.4, -0.2) is 38.0 Å². The van der Waals surface area contributed by atoms with Crippen LogP contribution in [0.15, 0.2) is 0 Å². The summed E-state index contributed by atoms with van der Waals surface area (Å²) >= 11 is 0. The predicted molar refractivity (Wildman–Crippen MR) is 61.6 cm³/mol. The zero-order valence-electron chi connectivity index (χ0n) is 10.5. The smallest absolute Gasteiger partial charge is 0.0575 e. The van der Waals surface area contributed by atoms with Crippen molar-refractivity contribution in [2.24, 2.45) is 5.92 Å². The Morgan fingerprint density at radius 3 is 2.13 bits per heavy atom. The second kappa shape index (κ2) is 6.46. The first-order chi connectivity index (χ1) is 7.17. The molecule has 0 unspecified atom stereocenters. The minimum atomic E-state index is 0.471. The van der Waals surface area contributed by atoms with Gasteiger partial charge in [-0.05, 0) is 31.6 Å². The van der Waals surface area contributed by atoms with Gasteiger partial charge in [-0.15, -0.1) is 0 Å². The van der Waals surface area contributed by atoms with Crippen LogP contribution in [0.2, 0.25) is 0 Å². The van der Waals surface area contributed by atoms with Gasteiger partial charge in [0, 0.05) is 19.7 Å². The highest BCUT2D eigenvalue weighted by Gasteiger charge is 2.26. The average molecular weight is 215 g/mol. The van der Waals surface area contributed by atoms with E-state index in [4.69, 9.17) is 9.57 Å². The number of methoxy groups -OCH3 is 1. The first kappa shape index (κ1) is 12.9. The molecule has 0 aliphatic heterocycles. The average Bonchev–Trinajstić information content (AvgIpc) is 2.26. The fourth-order valence-corrected chi connectivity index (χ4v) is 2.30. The summed E-state index contributed by atoms with van der Waals surface area (Å²) in [5.74, 6) is 0.657. The van der Waals surface area contributed by atoms with Crippen LogP contribution in [0, 0.1) is 5.92 Å². The monoisotopic (exact) mass is 215 g/mol. The van der Waals surface area contributed by atoms with Gasteiger partial charge in [-0.2, -0.15) is 5.06 Å². The molecule has 0 saturated heterocycles. The van der Waals surface area contributed by atoms with Crippen LogP contribution in [0.5, 0.6) is 0 Å². The maximum absolute atomic E-state index is 5.46. The molecule has 0 spiro atoms. The molecule has 1 rings (SSSR count). The van der Waals surface area contributed by atoms with E-state index in [2.05, 4.69) is 18.9 Å². The maximum Gasteiger partial charge on any atom is 0.0575 e. The summed E-state index contributed by atoms with van der Waals surface area (Å²) in [6, 6.07) is 0.587. The zero-order chi connectivity index (χ0) is 11.3. The third-order valence-corrected chi connectivity index (χ3v) is 3.16. The topological polar surface area (TPSA) is 21.7 Å². The molecule has 15 heavy (non-hydrogen) atoms. The van der Waals surface area contributed by atoms with Gasteiger partial charge in [0.05, 0.1) is 13.2 Å². The molecule has 0 radical (unpaired) electrons. The van der Waals surface area contributed by atoms with Gasteiger partial charge < -0.3 is 9.57 Å². The fraction of sp³-hybridized carbons (Fsp3) is 1.00. The van der Waals surface area contributed by atoms with E-state index in [1.807, 2.05) is 7.11 Å². The summed E-state index contributed by atoms with van der Waals surface area (Å²) < 4.78 is 5.37. The number of nitrogens with zero attached hydrogens (tertiary/aromatic N) is 1. The van der Waals surface area contributed by atoms with Gasteiger partial charge in [-0.1, -0.05) is 13.8 Å². The molecule has 0 aromatic carbocycles. The van der Waals surface area contributed by atoms with Crippen LogP contribution in [0.1, 0.15) is 39.5 Å². The Balaban J connectivity index is 2.35. The van der Waals surface area contributed by atoms with Gasteiger partial charge in [0.1, 0.15) is 0 Å². The van der Waals surface area contributed by atoms with Crippen LogP contribution in [0.4, 0.5) is 0 Å². The van der Waals surface area contributed by atoms with Crippen molar-refractivity contribution in [3.05, 3.63) is 0 Å². The van der Waals surface area contributed by atoms with Crippen molar-refractivity contribution in [2.45, 2.75) is 51.7 Å². The molecule has 3 nitrogen and oxygen atoms in total. The van der Waals surface area contributed by atoms with E-state index in [0.717, 1.165) is 6.54 Å². The zero-order valence-corrected chi connectivity index (χ0v) is 10.5. The molecule has 1 fully saturated rings. The van der Waals surface area contributed by atoms with Gasteiger partial charge in [0.15, 0.2) is 0 Å². The van der Waals surface area contributed by atoms with Crippen molar-refractivity contribution in [2.75, 3.05) is 20.8 Å². The Bertz CT molecular complexity index is 165. The van der Waals surface area contributed by atoms with E-state index < -0.39 is 0 Å². The van der Waals surface area contributed by atoms with Crippen molar-refractivity contribution >= 4 is 0 Å². The molecule has 90 valence electrons. The van der Waals surface area contributed by atoms with E-state index in [0.29, 0.717) is 18.1 Å². The van der Waals surface area contributed by atoms with Gasteiger partial charge in [0.25, 0.3) is 0 Å². The van der Waals surface area contributed by atoms with Gasteiger partial charge in [0.2, 0.25) is 0 Å². The highest BCUT2D eigenvalue weighted by Crippen LogP contribution is 2.25. The second-order valence-electron chi connectivity index (χ2n) is 4.84. The third-order valence-electron chi connectivity index (χ3n) is 3.16. The van der Waals surface area contributed by atoms with E-state index in [-0.39, 0.29) is 0 Å². The Kier molecular flexibility index (Phi) is 5.58. The molecule has 0 aromatic rings. The lowest BCUT2D eigenvalue weighted by Crippen LogP contribution is -2.40. The number of hydroxylamine groups is 2. The van der Waals surface area contributed by atoms with Gasteiger partial charge in [-0.3, -0.25) is 0 Å².